The van der Waals surface area contributed by atoms with Crippen molar-refractivity contribution in [2.24, 2.45) is 0 Å². The number of aliphatic hydroxyl groups excluding tert-OH is 1. The van der Waals surface area contributed by atoms with E-state index in [1.807, 2.05) is 31.3 Å². The van der Waals surface area contributed by atoms with Crippen LogP contribution in [0.25, 0.3) is 53.0 Å². The molecule has 4 heterocycles. The van der Waals surface area contributed by atoms with Gasteiger partial charge in [-0.25, -0.2) is 0 Å². The van der Waals surface area contributed by atoms with Crippen LogP contribution in [0.5, 0.6) is 0 Å². The molecule has 0 unspecified atom stereocenters. The molecule has 1 radical (unpaired) electrons. The van der Waals surface area contributed by atoms with E-state index < -0.39 is 0 Å². The van der Waals surface area contributed by atoms with Crippen LogP contribution in [0.2, 0.25) is 0 Å². The van der Waals surface area contributed by atoms with Crippen LogP contribution in [0.3, 0.4) is 0 Å². The van der Waals surface area contributed by atoms with Crippen molar-refractivity contribution >= 4 is 52.0 Å². The van der Waals surface area contributed by atoms with E-state index in [1.54, 1.807) is 0 Å². The number of fused-ring (bicyclic) bond motifs is 4. The van der Waals surface area contributed by atoms with Gasteiger partial charge in [0.05, 0.1) is 5.76 Å². The molecule has 7 heteroatoms. The summed E-state index contributed by atoms with van der Waals surface area (Å²) in [5.41, 5.74) is 8.10. The third-order valence-electron chi connectivity index (χ3n) is 6.02. The molecule has 0 atom stereocenters. The second-order valence-corrected chi connectivity index (χ2v) is 11.8. The Morgan fingerprint density at radius 2 is 1.74 bits per heavy atom. The first-order valence-corrected chi connectivity index (χ1v) is 14.0. The van der Waals surface area contributed by atoms with E-state index >= 15 is 0 Å². The number of allylic oxidation sites excluding steroid dienone is 2. The van der Waals surface area contributed by atoms with E-state index in [1.165, 1.54) is 50.7 Å². The first kappa shape index (κ1) is 28.7. The Morgan fingerprint density at radius 3 is 2.41 bits per heavy atom. The molecule has 0 fully saturated rings. The number of hydrogen-bond acceptors (Lipinski definition) is 5. The SMILES string of the molecule is CC(=O)/C=C(/C)O.Cc1cc(C)cc(-c2cc3cc(-c4[c-]ccc5c4oc4nc(C)ccc45)ncc3[se]2)c1.[Ir]. The summed E-state index contributed by atoms with van der Waals surface area (Å²) in [6, 6.07) is 22.7. The molecule has 0 aliphatic rings. The number of aliphatic hydroxyl groups is 1. The van der Waals surface area contributed by atoms with E-state index in [9.17, 15) is 4.79 Å². The van der Waals surface area contributed by atoms with Gasteiger partial charge >= 0.3 is 186 Å². The van der Waals surface area contributed by atoms with Gasteiger partial charge in [0.2, 0.25) is 0 Å². The Labute approximate surface area is 246 Å². The van der Waals surface area contributed by atoms with E-state index in [0.717, 1.165) is 33.3 Å². The Morgan fingerprint density at radius 1 is 1.00 bits per heavy atom. The Balaban J connectivity index is 0.000000394. The van der Waals surface area contributed by atoms with E-state index in [-0.39, 0.29) is 46.2 Å². The van der Waals surface area contributed by atoms with Gasteiger partial charge in [0.25, 0.3) is 0 Å². The van der Waals surface area contributed by atoms with Gasteiger partial charge in [-0.15, -0.1) is 0 Å². The fraction of sp³-hybridized carbons (Fsp3) is 0.156. The first-order chi connectivity index (χ1) is 18.2. The number of nitrogens with zero attached hydrogens (tertiary/aromatic N) is 2. The number of hydrogen-bond donors (Lipinski definition) is 1. The normalized spacial score (nSPS) is 11.4. The number of rotatable bonds is 3. The van der Waals surface area contributed by atoms with Crippen LogP contribution in [-0.4, -0.2) is 35.4 Å². The van der Waals surface area contributed by atoms with Gasteiger partial charge in [-0.3, -0.25) is 4.79 Å². The second kappa shape index (κ2) is 11.8. The van der Waals surface area contributed by atoms with Gasteiger partial charge in [-0.2, -0.15) is 0 Å². The van der Waals surface area contributed by atoms with Crippen LogP contribution >= 0.6 is 0 Å². The summed E-state index contributed by atoms with van der Waals surface area (Å²) in [5, 5.41) is 11.7. The van der Waals surface area contributed by atoms with Crippen molar-refractivity contribution in [3.63, 3.8) is 0 Å². The fourth-order valence-corrected chi connectivity index (χ4v) is 6.64. The molecule has 2 aromatic carbocycles. The predicted molar refractivity (Wildman–Crippen MR) is 155 cm³/mol. The summed E-state index contributed by atoms with van der Waals surface area (Å²) in [5.74, 6) is -0.0625. The Hall–Kier alpha value is -3.34. The summed E-state index contributed by atoms with van der Waals surface area (Å²) in [7, 11) is 0. The number of carbonyl (C=O) groups excluding carboxylic acids is 1. The van der Waals surface area contributed by atoms with Crippen molar-refractivity contribution in [2.45, 2.75) is 34.6 Å². The van der Waals surface area contributed by atoms with Gasteiger partial charge in [0.15, 0.2) is 5.78 Å². The number of furan rings is 1. The Kier molecular flexibility index (Phi) is 8.68. The average molecular weight is 759 g/mol. The minimum Gasteiger partial charge on any atom is 0 e. The van der Waals surface area contributed by atoms with Gasteiger partial charge in [-0.05, 0) is 13.8 Å². The molecule has 0 aliphatic carbocycles. The number of carbonyl (C=O) groups is 1. The maximum atomic E-state index is 10.0. The number of pyridine rings is 2. The van der Waals surface area contributed by atoms with Crippen LogP contribution in [0.4, 0.5) is 0 Å². The zero-order valence-electron chi connectivity index (χ0n) is 22.3. The molecule has 6 aromatic rings. The standard InChI is InChI=1S/C27H19N2OSe.C5H8O2.Ir/c1-15-9-16(2)11-18(10-15)24-13-19-12-23(28-14-25(19)31-24)22-6-4-5-20-21-8-7-17(3)29-27(21)30-26(20)22;1-4(6)3-5(2)7;/h4-5,7-14H,1-3H3;3,6H,1-2H3;/q-1;;/b;4-3-;. The van der Waals surface area contributed by atoms with Gasteiger partial charge in [-0.1, -0.05) is 0 Å². The van der Waals surface area contributed by atoms with Crippen LogP contribution < -0.4 is 0 Å². The van der Waals surface area contributed by atoms with Crippen molar-refractivity contribution in [1.29, 1.82) is 0 Å². The molecule has 4 aromatic heterocycles. The topological polar surface area (TPSA) is 76.2 Å². The molecule has 199 valence electrons. The molecule has 5 nitrogen and oxygen atoms in total. The summed E-state index contributed by atoms with van der Waals surface area (Å²) in [6.45, 7) is 9.14. The van der Waals surface area contributed by atoms with Crippen molar-refractivity contribution in [1.82, 2.24) is 9.97 Å². The molecule has 0 spiro atoms. The fourth-order valence-electron chi connectivity index (χ4n) is 4.54. The van der Waals surface area contributed by atoms with Crippen LogP contribution in [0, 0.1) is 26.8 Å². The quantitative estimate of drug-likeness (QED) is 0.0868. The second-order valence-electron chi connectivity index (χ2n) is 9.49. The van der Waals surface area contributed by atoms with Crippen molar-refractivity contribution in [3.8, 4) is 21.3 Å². The largest absolute Gasteiger partial charge is 0 e. The molecule has 0 amide bonds. The summed E-state index contributed by atoms with van der Waals surface area (Å²) >= 11 is 0.262. The van der Waals surface area contributed by atoms with Gasteiger partial charge in [0.1, 0.15) is 0 Å². The number of benzene rings is 2. The van der Waals surface area contributed by atoms with Crippen molar-refractivity contribution in [3.05, 3.63) is 95.5 Å². The van der Waals surface area contributed by atoms with E-state index in [4.69, 9.17) is 14.5 Å². The zero-order chi connectivity index (χ0) is 27.0. The first-order valence-electron chi connectivity index (χ1n) is 12.2. The maximum absolute atomic E-state index is 10.0. The van der Waals surface area contributed by atoms with E-state index in [2.05, 4.69) is 61.3 Å². The van der Waals surface area contributed by atoms with E-state index in [0.29, 0.717) is 5.71 Å². The van der Waals surface area contributed by atoms with Gasteiger partial charge < -0.3 is 5.11 Å². The molecular weight excluding hydrogens is 732 g/mol. The molecule has 0 saturated heterocycles. The van der Waals surface area contributed by atoms with Crippen LogP contribution in [0.15, 0.2) is 77.0 Å². The summed E-state index contributed by atoms with van der Waals surface area (Å²) < 4.78 is 8.88. The Bertz CT molecular complexity index is 1840. The minimum absolute atomic E-state index is 0. The number of ketones is 1. The molecule has 0 saturated carbocycles. The average Bonchev–Trinajstić information content (AvgIpc) is 3.43. The third kappa shape index (κ3) is 6.29. The monoisotopic (exact) mass is 760 g/mol. The molecule has 0 bridgehead atoms. The van der Waals surface area contributed by atoms with Crippen molar-refractivity contribution < 1.29 is 34.4 Å². The predicted octanol–water partition coefficient (Wildman–Crippen LogP) is 7.68. The number of aromatic nitrogens is 2. The van der Waals surface area contributed by atoms with Crippen LogP contribution in [0.1, 0.15) is 30.7 Å². The zero-order valence-corrected chi connectivity index (χ0v) is 26.4. The molecule has 39 heavy (non-hydrogen) atoms. The van der Waals surface area contributed by atoms with Crippen LogP contribution in [-0.2, 0) is 24.9 Å². The molecule has 6 rings (SSSR count). The molecule has 1 N–H and O–H groups in total. The van der Waals surface area contributed by atoms with Crippen molar-refractivity contribution in [2.75, 3.05) is 0 Å². The summed E-state index contributed by atoms with van der Waals surface area (Å²) in [4.78, 5) is 19.4. The molecule has 0 aliphatic heterocycles. The van der Waals surface area contributed by atoms with Gasteiger partial charge in [0, 0.05) is 26.2 Å². The molecular formula is C32H27IrN2O3Se-. The summed E-state index contributed by atoms with van der Waals surface area (Å²) in [6.07, 6.45) is 3.19. The third-order valence-corrected chi connectivity index (χ3v) is 8.40. The minimum atomic E-state index is -0.125. The smallest absolute Gasteiger partial charge is 0 e. The number of aryl methyl sites for hydroxylation is 3. The maximum Gasteiger partial charge on any atom is 0 e.